The van der Waals surface area contributed by atoms with Gasteiger partial charge >= 0.3 is 0 Å². The molecule has 1 fully saturated rings. The molecule has 1 saturated heterocycles. The molecule has 0 radical (unpaired) electrons. The molecule has 0 bridgehead atoms. The standard InChI is InChI=1S/C22H36N4O2.HI/c1-6-24-20(27)22(3,4)15-26-21(23-5)25-14-18-8-7-13-28-19(18)17-11-9-16(2)10-12-17;/h9-12,18-19H,6-8,13-15H2,1-5H3,(H,24,27)(H2,23,25,26);1H. The molecule has 1 aliphatic rings. The number of aliphatic imine (C=N–C) groups is 1. The highest BCUT2D eigenvalue weighted by Crippen LogP contribution is 2.33. The van der Waals surface area contributed by atoms with Crippen molar-refractivity contribution >= 4 is 35.8 Å². The molecular formula is C22H37IN4O2. The minimum atomic E-state index is -0.508. The predicted molar refractivity (Wildman–Crippen MR) is 130 cm³/mol. The van der Waals surface area contributed by atoms with Gasteiger partial charge in [-0.2, -0.15) is 0 Å². The molecule has 7 heteroatoms. The van der Waals surface area contributed by atoms with Crippen LogP contribution in [0.4, 0.5) is 0 Å². The molecule has 0 aromatic heterocycles. The lowest BCUT2D eigenvalue weighted by molar-refractivity contribution is -0.128. The topological polar surface area (TPSA) is 74.8 Å². The largest absolute Gasteiger partial charge is 0.373 e. The smallest absolute Gasteiger partial charge is 0.227 e. The molecule has 1 aromatic rings. The highest BCUT2D eigenvalue weighted by molar-refractivity contribution is 14.0. The van der Waals surface area contributed by atoms with Crippen LogP contribution in [0.25, 0.3) is 0 Å². The van der Waals surface area contributed by atoms with Gasteiger partial charge in [0.05, 0.1) is 11.5 Å². The summed E-state index contributed by atoms with van der Waals surface area (Å²) in [5.41, 5.74) is 1.98. The first-order valence-electron chi connectivity index (χ1n) is 10.3. The lowest BCUT2D eigenvalue weighted by atomic mass is 9.89. The van der Waals surface area contributed by atoms with Gasteiger partial charge in [-0.3, -0.25) is 9.79 Å². The Kier molecular flexibility index (Phi) is 11.0. The lowest BCUT2D eigenvalue weighted by Gasteiger charge is -2.33. The number of benzene rings is 1. The van der Waals surface area contributed by atoms with E-state index in [0.717, 1.165) is 26.0 Å². The molecule has 29 heavy (non-hydrogen) atoms. The number of carbonyl (C=O) groups is 1. The maximum Gasteiger partial charge on any atom is 0.227 e. The first-order valence-corrected chi connectivity index (χ1v) is 10.3. The van der Waals surface area contributed by atoms with Crippen molar-refractivity contribution in [1.82, 2.24) is 16.0 Å². The van der Waals surface area contributed by atoms with Crippen molar-refractivity contribution in [2.75, 3.05) is 33.3 Å². The Labute approximate surface area is 192 Å². The Hall–Kier alpha value is -1.35. The number of carbonyl (C=O) groups excluding carboxylic acids is 1. The van der Waals surface area contributed by atoms with Crippen LogP contribution in [0.2, 0.25) is 0 Å². The molecule has 0 spiro atoms. The molecule has 2 atom stereocenters. The van der Waals surface area contributed by atoms with E-state index in [0.29, 0.717) is 25.0 Å². The van der Waals surface area contributed by atoms with Gasteiger partial charge in [0.15, 0.2) is 5.96 Å². The molecule has 1 heterocycles. The average Bonchev–Trinajstić information content (AvgIpc) is 2.69. The third-order valence-corrected chi connectivity index (χ3v) is 5.26. The van der Waals surface area contributed by atoms with Gasteiger partial charge in [0.2, 0.25) is 5.91 Å². The minimum absolute atomic E-state index is 0. The molecule has 3 N–H and O–H groups in total. The van der Waals surface area contributed by atoms with Crippen LogP contribution in [-0.4, -0.2) is 45.2 Å². The predicted octanol–water partition coefficient (Wildman–Crippen LogP) is 3.41. The van der Waals surface area contributed by atoms with Crippen LogP contribution in [0.3, 0.4) is 0 Å². The number of hydrogen-bond acceptors (Lipinski definition) is 3. The minimum Gasteiger partial charge on any atom is -0.373 e. The zero-order valence-electron chi connectivity index (χ0n) is 18.4. The number of ether oxygens (including phenoxy) is 1. The van der Waals surface area contributed by atoms with Gasteiger partial charge < -0.3 is 20.7 Å². The van der Waals surface area contributed by atoms with Crippen LogP contribution in [0.5, 0.6) is 0 Å². The van der Waals surface area contributed by atoms with Gasteiger partial charge in [-0.1, -0.05) is 29.8 Å². The van der Waals surface area contributed by atoms with E-state index in [-0.39, 0.29) is 36.0 Å². The Morgan fingerprint density at radius 3 is 2.52 bits per heavy atom. The molecular weight excluding hydrogens is 479 g/mol. The van der Waals surface area contributed by atoms with E-state index in [4.69, 9.17) is 4.74 Å². The molecule has 1 aromatic carbocycles. The van der Waals surface area contributed by atoms with E-state index in [9.17, 15) is 4.79 Å². The van der Waals surface area contributed by atoms with Crippen LogP contribution in [0.1, 0.15) is 50.8 Å². The molecule has 0 saturated carbocycles. The third kappa shape index (κ3) is 7.77. The summed E-state index contributed by atoms with van der Waals surface area (Å²) in [6.07, 6.45) is 2.30. The van der Waals surface area contributed by atoms with E-state index < -0.39 is 5.41 Å². The number of nitrogens with zero attached hydrogens (tertiary/aromatic N) is 1. The summed E-state index contributed by atoms with van der Waals surface area (Å²) in [6.45, 7) is 10.6. The second kappa shape index (κ2) is 12.4. The van der Waals surface area contributed by atoms with Crippen molar-refractivity contribution in [3.8, 4) is 0 Å². The summed E-state index contributed by atoms with van der Waals surface area (Å²) in [4.78, 5) is 16.5. The molecule has 2 rings (SSSR count). The fourth-order valence-corrected chi connectivity index (χ4v) is 3.41. The van der Waals surface area contributed by atoms with Gasteiger partial charge in [-0.15, -0.1) is 24.0 Å². The number of aryl methyl sites for hydroxylation is 1. The lowest BCUT2D eigenvalue weighted by Crippen LogP contribution is -2.49. The zero-order chi connectivity index (χ0) is 20.6. The molecule has 6 nitrogen and oxygen atoms in total. The van der Waals surface area contributed by atoms with Crippen molar-refractivity contribution in [3.63, 3.8) is 0 Å². The fraction of sp³-hybridized carbons (Fsp3) is 0.636. The van der Waals surface area contributed by atoms with Crippen LogP contribution in [-0.2, 0) is 9.53 Å². The fourth-order valence-electron chi connectivity index (χ4n) is 3.41. The van der Waals surface area contributed by atoms with Crippen LogP contribution < -0.4 is 16.0 Å². The van der Waals surface area contributed by atoms with E-state index in [1.807, 2.05) is 20.8 Å². The second-order valence-electron chi connectivity index (χ2n) is 8.15. The maximum atomic E-state index is 12.2. The highest BCUT2D eigenvalue weighted by atomic mass is 127. The van der Waals surface area contributed by atoms with Crippen LogP contribution >= 0.6 is 24.0 Å². The van der Waals surface area contributed by atoms with Gasteiger partial charge in [0, 0.05) is 39.2 Å². The van der Waals surface area contributed by atoms with E-state index in [1.54, 1.807) is 7.05 Å². The first-order chi connectivity index (χ1) is 13.4. The molecule has 2 unspecified atom stereocenters. The summed E-state index contributed by atoms with van der Waals surface area (Å²) in [5, 5.41) is 9.59. The third-order valence-electron chi connectivity index (χ3n) is 5.26. The van der Waals surface area contributed by atoms with Crippen molar-refractivity contribution < 1.29 is 9.53 Å². The summed E-state index contributed by atoms with van der Waals surface area (Å²) in [6, 6.07) is 8.61. The van der Waals surface area contributed by atoms with Crippen LogP contribution in [0, 0.1) is 18.3 Å². The van der Waals surface area contributed by atoms with Gasteiger partial charge in [-0.25, -0.2) is 0 Å². The number of nitrogens with one attached hydrogen (secondary N) is 3. The Balaban J connectivity index is 0.00000420. The normalized spacial score (nSPS) is 19.8. The summed E-state index contributed by atoms with van der Waals surface area (Å²) < 4.78 is 6.10. The van der Waals surface area contributed by atoms with E-state index in [1.165, 1.54) is 11.1 Å². The number of guanidine groups is 1. The van der Waals surface area contributed by atoms with E-state index >= 15 is 0 Å². The van der Waals surface area contributed by atoms with Crippen molar-refractivity contribution in [3.05, 3.63) is 35.4 Å². The highest BCUT2D eigenvalue weighted by Gasteiger charge is 2.29. The van der Waals surface area contributed by atoms with Crippen molar-refractivity contribution in [1.29, 1.82) is 0 Å². The summed E-state index contributed by atoms with van der Waals surface area (Å²) in [5.74, 6) is 1.13. The Bertz CT molecular complexity index is 661. The summed E-state index contributed by atoms with van der Waals surface area (Å²) >= 11 is 0. The van der Waals surface area contributed by atoms with E-state index in [2.05, 4.69) is 52.1 Å². The molecule has 1 amide bonds. The van der Waals surface area contributed by atoms with Crippen LogP contribution in [0.15, 0.2) is 29.3 Å². The Morgan fingerprint density at radius 1 is 1.21 bits per heavy atom. The maximum absolute atomic E-state index is 12.2. The zero-order valence-corrected chi connectivity index (χ0v) is 20.7. The number of hydrogen-bond donors (Lipinski definition) is 3. The monoisotopic (exact) mass is 516 g/mol. The number of amides is 1. The first kappa shape index (κ1) is 25.7. The van der Waals surface area contributed by atoms with Crippen molar-refractivity contribution in [2.45, 2.75) is 46.6 Å². The van der Waals surface area contributed by atoms with Crippen molar-refractivity contribution in [2.24, 2.45) is 16.3 Å². The Morgan fingerprint density at radius 2 is 1.90 bits per heavy atom. The number of rotatable bonds is 7. The summed E-state index contributed by atoms with van der Waals surface area (Å²) in [7, 11) is 1.75. The second-order valence-corrected chi connectivity index (χ2v) is 8.15. The molecule has 0 aliphatic carbocycles. The average molecular weight is 516 g/mol. The number of halogens is 1. The van der Waals surface area contributed by atoms with Gasteiger partial charge in [-0.05, 0) is 46.1 Å². The molecule has 164 valence electrons. The quantitative estimate of drug-likeness (QED) is 0.295. The molecule has 1 aliphatic heterocycles. The van der Waals surface area contributed by atoms with Gasteiger partial charge in [0.25, 0.3) is 0 Å². The SMILES string of the molecule is CCNC(=O)C(C)(C)CNC(=NC)NCC1CCCOC1c1ccc(C)cc1.I. The van der Waals surface area contributed by atoms with Gasteiger partial charge in [0.1, 0.15) is 0 Å².